The van der Waals surface area contributed by atoms with Crippen molar-refractivity contribution in [1.29, 1.82) is 0 Å². The molecule has 1 aromatic rings. The first kappa shape index (κ1) is 12.9. The number of hydrogen-bond acceptors (Lipinski definition) is 4. The Hall–Kier alpha value is -0.590. The molecule has 1 aliphatic heterocycles. The molecule has 1 saturated heterocycles. The van der Waals surface area contributed by atoms with Crippen LogP contribution in [0, 0.1) is 0 Å². The van der Waals surface area contributed by atoms with E-state index in [1.807, 2.05) is 13.8 Å². The van der Waals surface area contributed by atoms with Crippen molar-refractivity contribution in [3.8, 4) is 0 Å². The second-order valence-corrected chi connectivity index (χ2v) is 7.64. The van der Waals surface area contributed by atoms with Crippen LogP contribution in [0.25, 0.3) is 0 Å². The first-order chi connectivity index (χ1) is 7.93. The Morgan fingerprint density at radius 2 is 1.94 bits per heavy atom. The zero-order chi connectivity index (χ0) is 12.6. The number of piperidine rings is 1. The fourth-order valence-corrected chi connectivity index (χ4v) is 5.51. The van der Waals surface area contributed by atoms with Gasteiger partial charge in [-0.15, -0.1) is 11.3 Å². The summed E-state index contributed by atoms with van der Waals surface area (Å²) >= 11 is 1.20. The van der Waals surface area contributed by atoms with Crippen molar-refractivity contribution in [2.45, 2.75) is 49.4 Å². The molecule has 2 rings (SSSR count). The van der Waals surface area contributed by atoms with Gasteiger partial charge < -0.3 is 5.73 Å². The largest absolute Gasteiger partial charge is 0.398 e. The number of rotatable bonds is 2. The summed E-state index contributed by atoms with van der Waals surface area (Å²) in [5.74, 6) is 0. The van der Waals surface area contributed by atoms with Crippen molar-refractivity contribution in [3.63, 3.8) is 0 Å². The minimum Gasteiger partial charge on any atom is -0.398 e. The minimum atomic E-state index is -3.37. The van der Waals surface area contributed by atoms with Gasteiger partial charge in [0.1, 0.15) is 4.21 Å². The summed E-state index contributed by atoms with van der Waals surface area (Å²) in [6.07, 6.45) is 2.97. The van der Waals surface area contributed by atoms with Crippen LogP contribution in [-0.4, -0.2) is 24.8 Å². The van der Waals surface area contributed by atoms with Crippen LogP contribution in [0.1, 0.15) is 33.1 Å². The molecule has 0 saturated carbocycles. The Morgan fingerprint density at radius 1 is 1.35 bits per heavy atom. The fraction of sp³-hybridized carbons (Fsp3) is 0.636. The van der Waals surface area contributed by atoms with Gasteiger partial charge in [0.05, 0.1) is 0 Å². The summed E-state index contributed by atoms with van der Waals surface area (Å²) in [5, 5.41) is 1.67. The summed E-state index contributed by atoms with van der Waals surface area (Å²) in [5.41, 5.74) is 6.12. The molecule has 0 aromatic carbocycles. The smallest absolute Gasteiger partial charge is 0.253 e. The van der Waals surface area contributed by atoms with E-state index in [4.69, 9.17) is 5.73 Å². The molecule has 2 atom stereocenters. The highest BCUT2D eigenvalue weighted by molar-refractivity contribution is 7.91. The molecular weight excluding hydrogens is 256 g/mol. The van der Waals surface area contributed by atoms with Crippen molar-refractivity contribution in [2.75, 3.05) is 5.73 Å². The lowest BCUT2D eigenvalue weighted by Gasteiger charge is -2.37. The lowest BCUT2D eigenvalue weighted by Crippen LogP contribution is -2.47. The standard InChI is InChI=1S/C11H18N2O2S2/c1-8-4-3-5-9(2)13(8)17(14,15)11-6-10(12)7-16-11/h6-9H,3-5,12H2,1-2H3. The Morgan fingerprint density at radius 3 is 2.41 bits per heavy atom. The van der Waals surface area contributed by atoms with Crippen LogP contribution in [0.3, 0.4) is 0 Å². The van der Waals surface area contributed by atoms with Crippen LogP contribution in [-0.2, 0) is 10.0 Å². The van der Waals surface area contributed by atoms with Crippen molar-refractivity contribution in [2.24, 2.45) is 0 Å². The summed E-state index contributed by atoms with van der Waals surface area (Å²) < 4.78 is 27.0. The third-order valence-electron chi connectivity index (χ3n) is 3.24. The van der Waals surface area contributed by atoms with Gasteiger partial charge >= 0.3 is 0 Å². The molecule has 6 heteroatoms. The van der Waals surface area contributed by atoms with Gasteiger partial charge in [-0.25, -0.2) is 8.42 Å². The number of nitrogen functional groups attached to an aromatic ring is 1. The van der Waals surface area contributed by atoms with Crippen LogP contribution in [0.5, 0.6) is 0 Å². The third kappa shape index (κ3) is 2.34. The van der Waals surface area contributed by atoms with Gasteiger partial charge in [0.15, 0.2) is 0 Å². The second kappa shape index (κ2) is 4.59. The molecule has 0 aliphatic carbocycles. The second-order valence-electron chi connectivity index (χ2n) is 4.66. The maximum Gasteiger partial charge on any atom is 0.253 e. The molecule has 2 N–H and O–H groups in total. The molecule has 0 spiro atoms. The van der Waals surface area contributed by atoms with Gasteiger partial charge in [0.25, 0.3) is 10.0 Å². The lowest BCUT2D eigenvalue weighted by atomic mass is 10.0. The highest BCUT2D eigenvalue weighted by atomic mass is 32.2. The van der Waals surface area contributed by atoms with E-state index in [0.717, 1.165) is 19.3 Å². The quantitative estimate of drug-likeness (QED) is 0.900. The highest BCUT2D eigenvalue weighted by Crippen LogP contribution is 2.32. The molecule has 2 heterocycles. The van der Waals surface area contributed by atoms with Crippen molar-refractivity contribution < 1.29 is 8.42 Å². The van der Waals surface area contributed by atoms with Gasteiger partial charge in [-0.1, -0.05) is 6.42 Å². The molecule has 2 unspecified atom stereocenters. The number of sulfonamides is 1. The van der Waals surface area contributed by atoms with Gasteiger partial charge in [-0.3, -0.25) is 0 Å². The molecular formula is C11H18N2O2S2. The SMILES string of the molecule is CC1CCCC(C)N1S(=O)(=O)c1cc(N)cs1. The van der Waals surface area contributed by atoms with E-state index >= 15 is 0 Å². The van der Waals surface area contributed by atoms with Crippen LogP contribution in [0.15, 0.2) is 15.7 Å². The number of nitrogens with two attached hydrogens (primary N) is 1. The van der Waals surface area contributed by atoms with Crippen molar-refractivity contribution in [3.05, 3.63) is 11.4 Å². The van der Waals surface area contributed by atoms with E-state index in [0.29, 0.717) is 9.90 Å². The first-order valence-electron chi connectivity index (χ1n) is 5.80. The molecule has 4 nitrogen and oxygen atoms in total. The van der Waals surface area contributed by atoms with Gasteiger partial charge in [-0.2, -0.15) is 4.31 Å². The summed E-state index contributed by atoms with van der Waals surface area (Å²) in [6.45, 7) is 3.95. The average molecular weight is 274 g/mol. The van der Waals surface area contributed by atoms with Crippen LogP contribution in [0.2, 0.25) is 0 Å². The molecule has 96 valence electrons. The maximum absolute atomic E-state index is 12.5. The fourth-order valence-electron chi connectivity index (χ4n) is 2.44. The molecule has 17 heavy (non-hydrogen) atoms. The monoisotopic (exact) mass is 274 g/mol. The normalized spacial score (nSPS) is 27.2. The molecule has 1 aliphatic rings. The minimum absolute atomic E-state index is 0.0760. The Kier molecular flexibility index (Phi) is 3.47. The number of anilines is 1. The van der Waals surface area contributed by atoms with Crippen LogP contribution < -0.4 is 5.73 Å². The Bertz CT molecular complexity index is 485. The molecule has 0 radical (unpaired) electrons. The van der Waals surface area contributed by atoms with Gasteiger partial charge in [-0.05, 0) is 32.8 Å². The van der Waals surface area contributed by atoms with Crippen LogP contribution >= 0.6 is 11.3 Å². The van der Waals surface area contributed by atoms with E-state index < -0.39 is 10.0 Å². The first-order valence-corrected chi connectivity index (χ1v) is 8.12. The predicted octanol–water partition coefficient (Wildman–Crippen LogP) is 2.28. The van der Waals surface area contributed by atoms with Gasteiger partial charge in [0.2, 0.25) is 0 Å². The number of nitrogens with zero attached hydrogens (tertiary/aromatic N) is 1. The molecule has 0 bridgehead atoms. The van der Waals surface area contributed by atoms with Crippen molar-refractivity contribution in [1.82, 2.24) is 4.31 Å². The summed E-state index contributed by atoms with van der Waals surface area (Å²) in [6, 6.07) is 1.70. The molecule has 0 amide bonds. The van der Waals surface area contributed by atoms with E-state index in [2.05, 4.69) is 0 Å². The number of hydrogen-bond donors (Lipinski definition) is 1. The molecule has 1 aromatic heterocycles. The van der Waals surface area contributed by atoms with E-state index in [1.54, 1.807) is 15.8 Å². The zero-order valence-corrected chi connectivity index (χ0v) is 11.7. The van der Waals surface area contributed by atoms with E-state index in [-0.39, 0.29) is 12.1 Å². The van der Waals surface area contributed by atoms with Crippen LogP contribution in [0.4, 0.5) is 5.69 Å². The average Bonchev–Trinajstić information content (AvgIpc) is 2.64. The van der Waals surface area contributed by atoms with Crippen molar-refractivity contribution >= 4 is 27.0 Å². The molecule has 1 fully saturated rings. The Balaban J connectivity index is 2.37. The predicted molar refractivity (Wildman–Crippen MR) is 70.5 cm³/mol. The summed E-state index contributed by atoms with van der Waals surface area (Å²) in [4.78, 5) is 0. The highest BCUT2D eigenvalue weighted by Gasteiger charge is 2.36. The maximum atomic E-state index is 12.5. The van der Waals surface area contributed by atoms with Gasteiger partial charge in [0, 0.05) is 23.2 Å². The zero-order valence-electron chi connectivity index (χ0n) is 10.1. The number of thiophene rings is 1. The Labute approximate surface area is 106 Å². The summed E-state index contributed by atoms with van der Waals surface area (Å²) in [7, 11) is -3.37. The van der Waals surface area contributed by atoms with E-state index in [9.17, 15) is 8.42 Å². The topological polar surface area (TPSA) is 63.4 Å². The lowest BCUT2D eigenvalue weighted by molar-refractivity contribution is 0.204. The van der Waals surface area contributed by atoms with E-state index in [1.165, 1.54) is 11.3 Å². The third-order valence-corrected chi connectivity index (χ3v) is 6.80.